The molecule has 3 heterocycles. The fourth-order valence-electron chi connectivity index (χ4n) is 5.51. The number of nitrogens with one attached hydrogen (secondary N) is 1. The van der Waals surface area contributed by atoms with Crippen molar-refractivity contribution in [3.05, 3.63) is 42.1 Å². The number of anilines is 1. The van der Waals surface area contributed by atoms with Crippen molar-refractivity contribution < 1.29 is 28.9 Å². The van der Waals surface area contributed by atoms with Crippen LogP contribution in [-0.2, 0) is 16.1 Å². The number of benzene rings is 1. The molecular weight excluding hydrogens is 502 g/mol. The highest BCUT2D eigenvalue weighted by Crippen LogP contribution is 2.36. The number of likely N-dealkylation sites (tertiary alicyclic amines) is 1. The molecule has 0 radical (unpaired) electrons. The third-order valence-corrected chi connectivity index (χ3v) is 7.62. The van der Waals surface area contributed by atoms with Crippen LogP contribution in [0.25, 0.3) is 11.0 Å². The second-order valence-electron chi connectivity index (χ2n) is 10.2. The van der Waals surface area contributed by atoms with E-state index in [2.05, 4.69) is 10.3 Å². The number of esters is 1. The molecule has 0 bridgehead atoms. The summed E-state index contributed by atoms with van der Waals surface area (Å²) in [6.07, 6.45) is 5.34. The summed E-state index contributed by atoms with van der Waals surface area (Å²) in [5, 5.41) is 18.7. The molecule has 11 heteroatoms. The normalized spacial score (nSPS) is 21.4. The number of carboxylic acid groups (broad SMARTS) is 1. The van der Waals surface area contributed by atoms with Crippen molar-refractivity contribution in [2.24, 2.45) is 5.92 Å². The molecule has 3 aromatic rings. The van der Waals surface area contributed by atoms with Crippen molar-refractivity contribution in [1.29, 1.82) is 0 Å². The first-order valence-electron chi connectivity index (χ1n) is 13.4. The molecule has 1 aliphatic heterocycles. The molecular formula is C28H35N5O6. The Balaban J connectivity index is 1.43. The maximum absolute atomic E-state index is 12.0. The second-order valence-corrected chi connectivity index (χ2v) is 10.2. The van der Waals surface area contributed by atoms with E-state index < -0.39 is 6.09 Å². The summed E-state index contributed by atoms with van der Waals surface area (Å²) in [6, 6.07) is 9.58. The first kappa shape index (κ1) is 26.6. The number of hydrogen-bond donors (Lipinski definition) is 2. The van der Waals surface area contributed by atoms with Gasteiger partial charge in [0.05, 0.1) is 32.8 Å². The zero-order chi connectivity index (χ0) is 27.4. The molecule has 2 N–H and O–H groups in total. The van der Waals surface area contributed by atoms with Gasteiger partial charge < -0.3 is 29.5 Å². The molecule has 2 aromatic heterocycles. The molecule has 39 heavy (non-hydrogen) atoms. The maximum Gasteiger partial charge on any atom is 0.407 e. The SMILES string of the molecule is COC(=O)C1CCC(Oc2ccnc3c2c(N[C@@H]2CCCN(C(=O)O)C2)nn3Cc2ccc(OC)cc2)CC1. The van der Waals surface area contributed by atoms with Crippen LogP contribution in [0.3, 0.4) is 0 Å². The molecule has 0 unspecified atom stereocenters. The number of carbonyl (C=O) groups excluding carboxylic acids is 1. The fourth-order valence-corrected chi connectivity index (χ4v) is 5.51. The number of piperidine rings is 1. The first-order valence-corrected chi connectivity index (χ1v) is 13.4. The van der Waals surface area contributed by atoms with Gasteiger partial charge in [-0.1, -0.05) is 12.1 Å². The van der Waals surface area contributed by atoms with Gasteiger partial charge in [-0.3, -0.25) is 4.79 Å². The van der Waals surface area contributed by atoms with Gasteiger partial charge in [0.25, 0.3) is 0 Å². The van der Waals surface area contributed by atoms with Gasteiger partial charge in [0.2, 0.25) is 0 Å². The zero-order valence-electron chi connectivity index (χ0n) is 22.3. The Hall–Kier alpha value is -4.02. The largest absolute Gasteiger partial charge is 0.497 e. The lowest BCUT2D eigenvalue weighted by Crippen LogP contribution is -2.44. The van der Waals surface area contributed by atoms with Gasteiger partial charge in [0.15, 0.2) is 11.5 Å². The van der Waals surface area contributed by atoms with Crippen LogP contribution in [0.5, 0.6) is 11.5 Å². The molecule has 1 aromatic carbocycles. The Morgan fingerprint density at radius 1 is 1.08 bits per heavy atom. The average Bonchev–Trinajstić information content (AvgIpc) is 3.31. The third kappa shape index (κ3) is 6.02. The quantitative estimate of drug-likeness (QED) is 0.407. The molecule has 1 amide bonds. The fraction of sp³-hybridized carbons (Fsp3) is 0.500. The number of pyridine rings is 1. The molecule has 1 atom stereocenters. The summed E-state index contributed by atoms with van der Waals surface area (Å²) < 4.78 is 18.6. The minimum absolute atomic E-state index is 0.0357. The number of hydrogen-bond acceptors (Lipinski definition) is 8. The van der Waals surface area contributed by atoms with E-state index in [1.807, 2.05) is 35.0 Å². The van der Waals surface area contributed by atoms with E-state index in [0.717, 1.165) is 55.2 Å². The van der Waals surface area contributed by atoms with Crippen molar-refractivity contribution >= 4 is 28.9 Å². The highest BCUT2D eigenvalue weighted by molar-refractivity contribution is 5.93. The standard InChI is InChI=1S/C28H35N5O6/c1-37-21-9-5-18(6-10-21)16-33-26-24(25(31-33)30-20-4-3-15-32(17-20)28(35)36)23(13-14-29-26)39-22-11-7-19(8-12-22)27(34)38-2/h5-6,9-10,13-14,19-20,22H,3-4,7-8,11-12,15-17H2,1-2H3,(H,30,31)(H,35,36)/t19?,20-,22?/m1/s1. The molecule has 1 saturated heterocycles. The first-order chi connectivity index (χ1) is 18.9. The van der Waals surface area contributed by atoms with Crippen LogP contribution in [-0.4, -0.2) is 76.3 Å². The lowest BCUT2D eigenvalue weighted by atomic mass is 9.87. The number of nitrogens with zero attached hydrogens (tertiary/aromatic N) is 4. The molecule has 11 nitrogen and oxygen atoms in total. The third-order valence-electron chi connectivity index (χ3n) is 7.62. The maximum atomic E-state index is 12.0. The average molecular weight is 538 g/mol. The minimum Gasteiger partial charge on any atom is -0.497 e. The van der Waals surface area contributed by atoms with Crippen LogP contribution >= 0.6 is 0 Å². The zero-order valence-corrected chi connectivity index (χ0v) is 22.3. The number of carbonyl (C=O) groups is 2. The van der Waals surface area contributed by atoms with Crippen LogP contribution in [0.2, 0.25) is 0 Å². The van der Waals surface area contributed by atoms with Crippen LogP contribution in [0.1, 0.15) is 44.1 Å². The summed E-state index contributed by atoms with van der Waals surface area (Å²) in [7, 11) is 3.07. The van der Waals surface area contributed by atoms with Crippen molar-refractivity contribution in [2.75, 3.05) is 32.6 Å². The van der Waals surface area contributed by atoms with Crippen LogP contribution in [0.4, 0.5) is 10.6 Å². The molecule has 5 rings (SSSR count). The number of ether oxygens (including phenoxy) is 3. The second kappa shape index (κ2) is 11.8. The van der Waals surface area contributed by atoms with E-state index in [0.29, 0.717) is 36.8 Å². The minimum atomic E-state index is -0.912. The van der Waals surface area contributed by atoms with Gasteiger partial charge in [0, 0.05) is 25.3 Å². The van der Waals surface area contributed by atoms with E-state index in [1.54, 1.807) is 13.3 Å². The van der Waals surface area contributed by atoms with E-state index in [9.17, 15) is 14.7 Å². The molecule has 0 spiro atoms. The summed E-state index contributed by atoms with van der Waals surface area (Å²) in [4.78, 5) is 29.6. The Labute approximate surface area is 227 Å². The smallest absolute Gasteiger partial charge is 0.407 e. The molecule has 2 aliphatic rings. The number of aromatic nitrogens is 3. The predicted molar refractivity (Wildman–Crippen MR) is 144 cm³/mol. The highest BCUT2D eigenvalue weighted by Gasteiger charge is 2.30. The van der Waals surface area contributed by atoms with Crippen LogP contribution in [0.15, 0.2) is 36.5 Å². The Morgan fingerprint density at radius 3 is 2.54 bits per heavy atom. The summed E-state index contributed by atoms with van der Waals surface area (Å²) in [6.45, 7) is 1.41. The van der Waals surface area contributed by atoms with Gasteiger partial charge in [-0.2, -0.15) is 5.10 Å². The van der Waals surface area contributed by atoms with Crippen LogP contribution < -0.4 is 14.8 Å². The summed E-state index contributed by atoms with van der Waals surface area (Å²) in [5.74, 6) is 1.84. The van der Waals surface area contributed by atoms with Crippen molar-refractivity contribution in [3.8, 4) is 11.5 Å². The Bertz CT molecular complexity index is 1300. The Morgan fingerprint density at radius 2 is 1.85 bits per heavy atom. The van der Waals surface area contributed by atoms with Crippen molar-refractivity contribution in [1.82, 2.24) is 19.7 Å². The van der Waals surface area contributed by atoms with Gasteiger partial charge >= 0.3 is 12.1 Å². The molecule has 208 valence electrons. The number of methoxy groups -OCH3 is 2. The van der Waals surface area contributed by atoms with E-state index in [1.165, 1.54) is 12.0 Å². The number of rotatable bonds is 8. The number of amides is 1. The van der Waals surface area contributed by atoms with Crippen molar-refractivity contribution in [3.63, 3.8) is 0 Å². The Kier molecular flexibility index (Phi) is 8.04. The summed E-state index contributed by atoms with van der Waals surface area (Å²) in [5.41, 5.74) is 1.72. The lowest BCUT2D eigenvalue weighted by molar-refractivity contribution is -0.147. The topological polar surface area (TPSA) is 128 Å². The van der Waals surface area contributed by atoms with Crippen molar-refractivity contribution in [2.45, 2.75) is 57.2 Å². The van der Waals surface area contributed by atoms with E-state index in [-0.39, 0.29) is 24.0 Å². The molecule has 1 aliphatic carbocycles. The van der Waals surface area contributed by atoms with E-state index in [4.69, 9.17) is 19.3 Å². The van der Waals surface area contributed by atoms with Crippen LogP contribution in [0, 0.1) is 5.92 Å². The number of fused-ring (bicyclic) bond motifs is 1. The highest BCUT2D eigenvalue weighted by atomic mass is 16.5. The lowest BCUT2D eigenvalue weighted by Gasteiger charge is -2.31. The van der Waals surface area contributed by atoms with E-state index >= 15 is 0 Å². The van der Waals surface area contributed by atoms with Gasteiger partial charge in [-0.15, -0.1) is 0 Å². The van der Waals surface area contributed by atoms with Gasteiger partial charge in [-0.25, -0.2) is 14.5 Å². The summed E-state index contributed by atoms with van der Waals surface area (Å²) >= 11 is 0. The molecule has 2 fully saturated rings. The van der Waals surface area contributed by atoms with Gasteiger partial charge in [-0.05, 0) is 62.3 Å². The monoisotopic (exact) mass is 537 g/mol. The molecule has 1 saturated carbocycles. The predicted octanol–water partition coefficient (Wildman–Crippen LogP) is 4.15. The van der Waals surface area contributed by atoms with Gasteiger partial charge in [0.1, 0.15) is 16.9 Å².